The molecule has 4 heteroatoms. The monoisotopic (exact) mass is 248 g/mol. The number of furan rings is 1. The van der Waals surface area contributed by atoms with Crippen LogP contribution in [0.4, 0.5) is 5.69 Å². The van der Waals surface area contributed by atoms with Gasteiger partial charge < -0.3 is 9.73 Å². The summed E-state index contributed by atoms with van der Waals surface area (Å²) >= 11 is 6.12. The van der Waals surface area contributed by atoms with Gasteiger partial charge in [-0.3, -0.25) is 4.98 Å². The average molecular weight is 249 g/mol. The highest BCUT2D eigenvalue weighted by atomic mass is 35.5. The van der Waals surface area contributed by atoms with Crippen LogP contribution in [0.1, 0.15) is 30.2 Å². The van der Waals surface area contributed by atoms with Gasteiger partial charge in [-0.1, -0.05) is 11.6 Å². The molecule has 88 valence electrons. The fraction of sp³-hybridized carbons (Fsp3) is 0.308. The summed E-state index contributed by atoms with van der Waals surface area (Å²) in [7, 11) is 0. The summed E-state index contributed by atoms with van der Waals surface area (Å²) in [4.78, 5) is 4.08. The van der Waals surface area contributed by atoms with Crippen molar-refractivity contribution >= 4 is 17.3 Å². The third-order valence-corrected chi connectivity index (χ3v) is 3.48. The molecular formula is C13H13ClN2O. The van der Waals surface area contributed by atoms with Gasteiger partial charge in [-0.25, -0.2) is 0 Å². The molecule has 2 aromatic heterocycles. The van der Waals surface area contributed by atoms with Crippen LogP contribution in [0.3, 0.4) is 0 Å². The van der Waals surface area contributed by atoms with Gasteiger partial charge in [-0.2, -0.15) is 0 Å². The topological polar surface area (TPSA) is 38.1 Å². The van der Waals surface area contributed by atoms with E-state index in [1.807, 2.05) is 6.07 Å². The van der Waals surface area contributed by atoms with Gasteiger partial charge in [0.1, 0.15) is 5.76 Å². The zero-order valence-electron chi connectivity index (χ0n) is 9.32. The van der Waals surface area contributed by atoms with E-state index in [2.05, 4.69) is 10.3 Å². The molecular weight excluding hydrogens is 236 g/mol. The van der Waals surface area contributed by atoms with Crippen molar-refractivity contribution in [3.05, 3.63) is 47.1 Å². The predicted molar refractivity (Wildman–Crippen MR) is 67.3 cm³/mol. The molecule has 1 aliphatic rings. The minimum Gasteiger partial charge on any atom is -0.469 e. The molecule has 0 amide bonds. The van der Waals surface area contributed by atoms with E-state index in [0.717, 1.165) is 30.7 Å². The fourth-order valence-electron chi connectivity index (χ4n) is 2.31. The second kappa shape index (κ2) is 4.41. The average Bonchev–Trinajstić information content (AvgIpc) is 2.81. The third kappa shape index (κ3) is 2.03. The number of halogens is 1. The zero-order chi connectivity index (χ0) is 11.7. The van der Waals surface area contributed by atoms with Crippen molar-refractivity contribution in [2.24, 2.45) is 0 Å². The largest absolute Gasteiger partial charge is 0.469 e. The van der Waals surface area contributed by atoms with Crippen LogP contribution in [0.15, 0.2) is 35.2 Å². The fourth-order valence-corrected chi connectivity index (χ4v) is 2.47. The molecule has 0 radical (unpaired) electrons. The van der Waals surface area contributed by atoms with E-state index in [1.165, 1.54) is 5.56 Å². The maximum Gasteiger partial charge on any atom is 0.109 e. The van der Waals surface area contributed by atoms with E-state index >= 15 is 0 Å². The van der Waals surface area contributed by atoms with Crippen molar-refractivity contribution in [1.82, 2.24) is 4.98 Å². The molecule has 3 nitrogen and oxygen atoms in total. The Kier molecular flexibility index (Phi) is 2.77. The number of aryl methyl sites for hydroxylation is 1. The lowest BCUT2D eigenvalue weighted by molar-refractivity contribution is 0.461. The molecule has 0 aliphatic heterocycles. The SMILES string of the molecule is Clc1ccncc1NC1CCCc2occc21. The van der Waals surface area contributed by atoms with Gasteiger partial charge in [0.05, 0.1) is 29.2 Å². The van der Waals surface area contributed by atoms with Crippen molar-refractivity contribution in [3.8, 4) is 0 Å². The number of pyridine rings is 1. The van der Waals surface area contributed by atoms with Crippen LogP contribution in [-0.2, 0) is 6.42 Å². The number of hydrogen-bond donors (Lipinski definition) is 1. The lowest BCUT2D eigenvalue weighted by Crippen LogP contribution is -2.16. The number of nitrogens with zero attached hydrogens (tertiary/aromatic N) is 1. The van der Waals surface area contributed by atoms with E-state index in [0.29, 0.717) is 5.02 Å². The van der Waals surface area contributed by atoms with E-state index < -0.39 is 0 Å². The summed E-state index contributed by atoms with van der Waals surface area (Å²) in [5, 5.41) is 4.14. The number of aromatic nitrogens is 1. The molecule has 17 heavy (non-hydrogen) atoms. The Morgan fingerprint density at radius 2 is 2.35 bits per heavy atom. The number of hydrogen-bond acceptors (Lipinski definition) is 3. The van der Waals surface area contributed by atoms with Gasteiger partial charge in [0.15, 0.2) is 0 Å². The number of fused-ring (bicyclic) bond motifs is 1. The summed E-state index contributed by atoms with van der Waals surface area (Å²) in [5.41, 5.74) is 2.13. The first-order valence-corrected chi connectivity index (χ1v) is 6.15. The van der Waals surface area contributed by atoms with Gasteiger partial charge in [0.25, 0.3) is 0 Å². The van der Waals surface area contributed by atoms with E-state index in [4.69, 9.17) is 16.0 Å². The molecule has 1 aliphatic carbocycles. The molecule has 0 bridgehead atoms. The Balaban J connectivity index is 1.86. The normalized spacial score (nSPS) is 18.8. The molecule has 0 fully saturated rings. The van der Waals surface area contributed by atoms with E-state index in [-0.39, 0.29) is 6.04 Å². The van der Waals surface area contributed by atoms with Crippen LogP contribution in [0.5, 0.6) is 0 Å². The summed E-state index contributed by atoms with van der Waals surface area (Å²) in [6, 6.07) is 4.11. The second-order valence-electron chi connectivity index (χ2n) is 4.24. The molecule has 1 atom stereocenters. The van der Waals surface area contributed by atoms with E-state index in [9.17, 15) is 0 Å². The van der Waals surface area contributed by atoms with Crippen LogP contribution in [-0.4, -0.2) is 4.98 Å². The van der Waals surface area contributed by atoms with Gasteiger partial charge in [0.2, 0.25) is 0 Å². The smallest absolute Gasteiger partial charge is 0.109 e. The lowest BCUT2D eigenvalue weighted by atomic mass is 9.93. The van der Waals surface area contributed by atoms with Crippen LogP contribution >= 0.6 is 11.6 Å². The highest BCUT2D eigenvalue weighted by molar-refractivity contribution is 6.33. The Morgan fingerprint density at radius 3 is 3.24 bits per heavy atom. The van der Waals surface area contributed by atoms with Crippen molar-refractivity contribution in [2.75, 3.05) is 5.32 Å². The molecule has 0 saturated carbocycles. The van der Waals surface area contributed by atoms with E-state index in [1.54, 1.807) is 24.7 Å². The first kappa shape index (κ1) is 10.7. The number of anilines is 1. The summed E-state index contributed by atoms with van der Waals surface area (Å²) in [5.74, 6) is 1.09. The highest BCUT2D eigenvalue weighted by Crippen LogP contribution is 2.34. The molecule has 1 unspecified atom stereocenters. The summed E-state index contributed by atoms with van der Waals surface area (Å²) in [6.45, 7) is 0. The van der Waals surface area contributed by atoms with Gasteiger partial charge >= 0.3 is 0 Å². The molecule has 0 spiro atoms. The Labute approximate surface area is 105 Å². The van der Waals surface area contributed by atoms with Crippen LogP contribution in [0.2, 0.25) is 5.02 Å². The molecule has 0 saturated heterocycles. The van der Waals surface area contributed by atoms with Crippen molar-refractivity contribution < 1.29 is 4.42 Å². The molecule has 0 aromatic carbocycles. The van der Waals surface area contributed by atoms with Crippen LogP contribution in [0.25, 0.3) is 0 Å². The van der Waals surface area contributed by atoms with Crippen molar-refractivity contribution in [3.63, 3.8) is 0 Å². The highest BCUT2D eigenvalue weighted by Gasteiger charge is 2.22. The summed E-state index contributed by atoms with van der Waals surface area (Å²) < 4.78 is 5.47. The maximum atomic E-state index is 6.12. The molecule has 2 heterocycles. The summed E-state index contributed by atoms with van der Waals surface area (Å²) in [6.07, 6.45) is 8.47. The van der Waals surface area contributed by atoms with Gasteiger partial charge in [0, 0.05) is 18.2 Å². The van der Waals surface area contributed by atoms with Gasteiger partial charge in [-0.15, -0.1) is 0 Å². The Bertz CT molecular complexity index is 524. The molecule has 3 rings (SSSR count). The lowest BCUT2D eigenvalue weighted by Gasteiger charge is -2.24. The van der Waals surface area contributed by atoms with Crippen molar-refractivity contribution in [1.29, 1.82) is 0 Å². The predicted octanol–water partition coefficient (Wildman–Crippen LogP) is 3.82. The minimum absolute atomic E-state index is 0.277. The first-order valence-electron chi connectivity index (χ1n) is 5.77. The molecule has 1 N–H and O–H groups in total. The second-order valence-corrected chi connectivity index (χ2v) is 4.65. The minimum atomic E-state index is 0.277. The first-order chi connectivity index (χ1) is 8.34. The molecule has 2 aromatic rings. The van der Waals surface area contributed by atoms with Crippen LogP contribution in [0, 0.1) is 0 Å². The quantitative estimate of drug-likeness (QED) is 0.878. The Hall–Kier alpha value is -1.48. The number of nitrogens with one attached hydrogen (secondary N) is 1. The van der Waals surface area contributed by atoms with Crippen LogP contribution < -0.4 is 5.32 Å². The standard InChI is InChI=1S/C13H13ClN2O/c14-10-4-6-15-8-12(10)16-11-2-1-3-13-9(11)5-7-17-13/h4-8,11,16H,1-3H2. The van der Waals surface area contributed by atoms with Crippen molar-refractivity contribution in [2.45, 2.75) is 25.3 Å². The Morgan fingerprint density at radius 1 is 1.41 bits per heavy atom. The van der Waals surface area contributed by atoms with Gasteiger partial charge in [-0.05, 0) is 25.0 Å². The zero-order valence-corrected chi connectivity index (χ0v) is 10.1. The third-order valence-electron chi connectivity index (χ3n) is 3.15. The number of rotatable bonds is 2. The maximum absolute atomic E-state index is 6.12.